The van der Waals surface area contributed by atoms with Crippen molar-refractivity contribution in [3.63, 3.8) is 0 Å². The molecule has 0 unspecified atom stereocenters. The number of aromatic nitrogens is 3. The number of hydrogen-bond donors (Lipinski definition) is 0. The maximum atomic E-state index is 13.0. The zero-order valence-corrected chi connectivity index (χ0v) is 13.9. The normalized spacial score (nSPS) is 10.6. The van der Waals surface area contributed by atoms with Crippen LogP contribution >= 0.6 is 11.8 Å². The van der Waals surface area contributed by atoms with Gasteiger partial charge >= 0.3 is 0 Å². The van der Waals surface area contributed by atoms with Gasteiger partial charge < -0.3 is 4.52 Å². The van der Waals surface area contributed by atoms with Gasteiger partial charge in [-0.2, -0.15) is 10.2 Å². The Balaban J connectivity index is 1.77. The van der Waals surface area contributed by atoms with Crippen molar-refractivity contribution in [2.24, 2.45) is 0 Å². The van der Waals surface area contributed by atoms with Gasteiger partial charge in [0.25, 0.3) is 0 Å². The summed E-state index contributed by atoms with van der Waals surface area (Å²) in [5.41, 5.74) is 2.99. The van der Waals surface area contributed by atoms with E-state index in [0.717, 1.165) is 11.3 Å². The van der Waals surface area contributed by atoms with Crippen molar-refractivity contribution in [1.29, 1.82) is 5.26 Å². The van der Waals surface area contributed by atoms with Crippen molar-refractivity contribution in [2.75, 3.05) is 0 Å². The second-order valence-electron chi connectivity index (χ2n) is 5.18. The molecule has 0 spiro atoms. The van der Waals surface area contributed by atoms with Crippen molar-refractivity contribution in [1.82, 2.24) is 15.1 Å². The first-order valence-electron chi connectivity index (χ1n) is 7.16. The van der Waals surface area contributed by atoms with Crippen LogP contribution in [0.25, 0.3) is 11.4 Å². The Morgan fingerprint density at radius 3 is 2.67 bits per heavy atom. The minimum atomic E-state index is -0.317. The number of rotatable bonds is 4. The van der Waals surface area contributed by atoms with Gasteiger partial charge in [0.2, 0.25) is 11.7 Å². The fourth-order valence-corrected chi connectivity index (χ4v) is 3.14. The Hall–Kier alpha value is -2.72. The molecule has 0 N–H and O–H groups in total. The number of hydrogen-bond acceptors (Lipinski definition) is 6. The van der Waals surface area contributed by atoms with E-state index in [0.29, 0.717) is 33.6 Å². The van der Waals surface area contributed by atoms with Crippen LogP contribution in [-0.4, -0.2) is 15.1 Å². The molecule has 2 aromatic heterocycles. The van der Waals surface area contributed by atoms with Crippen LogP contribution in [0.5, 0.6) is 0 Å². The third kappa shape index (κ3) is 3.44. The molecule has 120 valence electrons. The maximum absolute atomic E-state index is 13.0. The van der Waals surface area contributed by atoms with Gasteiger partial charge in [-0.25, -0.2) is 9.37 Å². The number of pyridine rings is 1. The lowest BCUT2D eigenvalue weighted by Gasteiger charge is -2.05. The molecule has 5 nitrogen and oxygen atoms in total. The van der Waals surface area contributed by atoms with Gasteiger partial charge in [0.05, 0.1) is 11.3 Å². The van der Waals surface area contributed by atoms with E-state index >= 15 is 0 Å². The number of halogens is 1. The molecule has 3 aromatic rings. The summed E-state index contributed by atoms with van der Waals surface area (Å²) >= 11 is 1.37. The van der Waals surface area contributed by atoms with Gasteiger partial charge in [0.15, 0.2) is 0 Å². The fraction of sp³-hybridized carbons (Fsp3) is 0.176. The van der Waals surface area contributed by atoms with Crippen LogP contribution in [0.2, 0.25) is 0 Å². The maximum Gasteiger partial charge on any atom is 0.237 e. The molecule has 2 heterocycles. The van der Waals surface area contributed by atoms with Crippen LogP contribution < -0.4 is 0 Å². The summed E-state index contributed by atoms with van der Waals surface area (Å²) in [7, 11) is 0. The van der Waals surface area contributed by atoms with Crippen LogP contribution in [0.1, 0.15) is 22.7 Å². The molecular weight excluding hydrogens is 327 g/mol. The van der Waals surface area contributed by atoms with Crippen LogP contribution in [0, 0.1) is 31.0 Å². The summed E-state index contributed by atoms with van der Waals surface area (Å²) in [6.07, 6.45) is 0. The first-order chi connectivity index (χ1) is 11.6. The SMILES string of the molecule is Cc1cc(C)c(C#N)c(SCc2nc(-c3ccc(F)cc3)no2)n1. The largest absolute Gasteiger partial charge is 0.338 e. The average molecular weight is 340 g/mol. The molecule has 0 fully saturated rings. The van der Waals surface area contributed by atoms with Crippen molar-refractivity contribution >= 4 is 11.8 Å². The van der Waals surface area contributed by atoms with Gasteiger partial charge in [0, 0.05) is 11.3 Å². The molecule has 0 amide bonds. The van der Waals surface area contributed by atoms with E-state index < -0.39 is 0 Å². The Bertz CT molecular complexity index is 915. The predicted molar refractivity (Wildman–Crippen MR) is 87.7 cm³/mol. The number of aryl methyl sites for hydroxylation is 2. The second kappa shape index (κ2) is 6.81. The lowest BCUT2D eigenvalue weighted by atomic mass is 10.1. The number of benzene rings is 1. The minimum Gasteiger partial charge on any atom is -0.338 e. The molecule has 7 heteroatoms. The second-order valence-corrected chi connectivity index (χ2v) is 6.14. The molecule has 0 aliphatic rings. The van der Waals surface area contributed by atoms with Crippen molar-refractivity contribution in [3.05, 3.63) is 58.9 Å². The third-order valence-electron chi connectivity index (χ3n) is 3.33. The van der Waals surface area contributed by atoms with E-state index in [9.17, 15) is 9.65 Å². The number of nitrogens with zero attached hydrogens (tertiary/aromatic N) is 4. The standard InChI is InChI=1S/C17H13FN4OS/c1-10-7-11(2)20-17(14(10)8-19)24-9-15-21-16(22-23-15)12-3-5-13(18)6-4-12/h3-7H,9H2,1-2H3. The zero-order valence-electron chi connectivity index (χ0n) is 13.1. The summed E-state index contributed by atoms with van der Waals surface area (Å²) in [4.78, 5) is 8.70. The molecule has 1 aromatic carbocycles. The topological polar surface area (TPSA) is 75.6 Å². The molecule has 0 atom stereocenters. The average Bonchev–Trinajstić information content (AvgIpc) is 3.02. The summed E-state index contributed by atoms with van der Waals surface area (Å²) in [6, 6.07) is 9.93. The Morgan fingerprint density at radius 2 is 1.96 bits per heavy atom. The number of nitriles is 1. The molecular formula is C17H13FN4OS. The van der Waals surface area contributed by atoms with Crippen LogP contribution in [0.3, 0.4) is 0 Å². The predicted octanol–water partition coefficient (Wildman–Crippen LogP) is 4.05. The van der Waals surface area contributed by atoms with Gasteiger partial charge in [-0.3, -0.25) is 0 Å². The summed E-state index contributed by atoms with van der Waals surface area (Å²) in [6.45, 7) is 3.77. The third-order valence-corrected chi connectivity index (χ3v) is 4.29. The lowest BCUT2D eigenvalue weighted by molar-refractivity contribution is 0.391. The molecule has 0 saturated heterocycles. The highest BCUT2D eigenvalue weighted by Gasteiger charge is 2.13. The molecule has 24 heavy (non-hydrogen) atoms. The monoisotopic (exact) mass is 340 g/mol. The summed E-state index contributed by atoms with van der Waals surface area (Å²) in [5.74, 6) is 0.908. The van der Waals surface area contributed by atoms with E-state index in [-0.39, 0.29) is 5.82 Å². The zero-order chi connectivity index (χ0) is 17.1. The first kappa shape index (κ1) is 16.1. The Morgan fingerprint density at radius 1 is 1.21 bits per heavy atom. The van der Waals surface area contributed by atoms with E-state index in [1.807, 2.05) is 19.9 Å². The van der Waals surface area contributed by atoms with Gasteiger partial charge in [-0.1, -0.05) is 16.9 Å². The molecule has 0 saturated carbocycles. The molecule has 0 bridgehead atoms. The van der Waals surface area contributed by atoms with Crippen molar-refractivity contribution in [2.45, 2.75) is 24.6 Å². The van der Waals surface area contributed by atoms with Crippen LogP contribution in [0.4, 0.5) is 4.39 Å². The van der Waals surface area contributed by atoms with Gasteiger partial charge in [-0.05, 0) is 49.7 Å². The lowest BCUT2D eigenvalue weighted by Crippen LogP contribution is -1.94. The van der Waals surface area contributed by atoms with Gasteiger partial charge in [-0.15, -0.1) is 0 Å². The van der Waals surface area contributed by atoms with E-state index in [1.54, 1.807) is 12.1 Å². The number of thioether (sulfide) groups is 1. The van der Waals surface area contributed by atoms with E-state index in [2.05, 4.69) is 21.2 Å². The highest BCUT2D eigenvalue weighted by atomic mass is 32.2. The van der Waals surface area contributed by atoms with E-state index in [1.165, 1.54) is 23.9 Å². The fourth-order valence-electron chi connectivity index (χ4n) is 2.20. The smallest absolute Gasteiger partial charge is 0.237 e. The molecule has 0 aliphatic carbocycles. The van der Waals surface area contributed by atoms with Crippen molar-refractivity contribution < 1.29 is 8.91 Å². The highest BCUT2D eigenvalue weighted by molar-refractivity contribution is 7.98. The molecule has 0 radical (unpaired) electrons. The van der Waals surface area contributed by atoms with Crippen LogP contribution in [0.15, 0.2) is 39.9 Å². The van der Waals surface area contributed by atoms with E-state index in [4.69, 9.17) is 4.52 Å². The quantitative estimate of drug-likeness (QED) is 0.667. The Labute approximate surface area is 142 Å². The summed E-state index contributed by atoms with van der Waals surface area (Å²) < 4.78 is 18.2. The van der Waals surface area contributed by atoms with Gasteiger partial charge in [0.1, 0.15) is 16.9 Å². The summed E-state index contributed by atoms with van der Waals surface area (Å²) in [5, 5.41) is 13.8. The van der Waals surface area contributed by atoms with Crippen LogP contribution in [-0.2, 0) is 5.75 Å². The minimum absolute atomic E-state index is 0.317. The van der Waals surface area contributed by atoms with Crippen molar-refractivity contribution in [3.8, 4) is 17.5 Å². The molecule has 3 rings (SSSR count). The molecule has 0 aliphatic heterocycles. The highest BCUT2D eigenvalue weighted by Crippen LogP contribution is 2.27. The Kier molecular flexibility index (Phi) is 4.58. The first-order valence-corrected chi connectivity index (χ1v) is 8.15.